The fourth-order valence-corrected chi connectivity index (χ4v) is 3.57. The van der Waals surface area contributed by atoms with Crippen LogP contribution >= 0.6 is 0 Å². The molecule has 1 fully saturated rings. The zero-order chi connectivity index (χ0) is 14.4. The van der Waals surface area contributed by atoms with E-state index in [1.54, 1.807) is 0 Å². The molecule has 3 unspecified atom stereocenters. The minimum absolute atomic E-state index is 0.145. The van der Waals surface area contributed by atoms with Gasteiger partial charge in [0.25, 0.3) is 0 Å². The molecule has 2 rings (SSSR count). The third-order valence-corrected chi connectivity index (χ3v) is 4.54. The average Bonchev–Trinajstić information content (AvgIpc) is 2.48. The predicted octanol–water partition coefficient (Wildman–Crippen LogP) is 3.81. The lowest BCUT2D eigenvalue weighted by molar-refractivity contribution is 0.0134. The van der Waals surface area contributed by atoms with Crippen LogP contribution in [0, 0.1) is 0 Å². The molecule has 1 aromatic rings. The number of aliphatic hydroxyl groups excluding tert-OH is 1. The van der Waals surface area contributed by atoms with Crippen molar-refractivity contribution in [3.05, 3.63) is 35.9 Å². The third kappa shape index (κ3) is 3.83. The van der Waals surface area contributed by atoms with E-state index in [0.717, 1.165) is 32.4 Å². The van der Waals surface area contributed by atoms with E-state index < -0.39 is 0 Å². The van der Waals surface area contributed by atoms with Crippen LogP contribution in [0.15, 0.2) is 30.3 Å². The highest BCUT2D eigenvalue weighted by Crippen LogP contribution is 2.35. The number of hydrogen-bond acceptors (Lipinski definition) is 2. The standard InChI is InChI=1S/C18H29NO/c1-3-12-19(13-4-2)17-14-16(10-11-18(17)20)15-8-6-5-7-9-15/h5-9,16-18,20H,3-4,10-14H2,1-2H3. The highest BCUT2D eigenvalue weighted by atomic mass is 16.3. The maximum Gasteiger partial charge on any atom is 0.0695 e. The van der Waals surface area contributed by atoms with Gasteiger partial charge in [0.15, 0.2) is 0 Å². The summed E-state index contributed by atoms with van der Waals surface area (Å²) >= 11 is 0. The zero-order valence-corrected chi connectivity index (χ0v) is 13.0. The number of benzene rings is 1. The topological polar surface area (TPSA) is 23.5 Å². The summed E-state index contributed by atoms with van der Waals surface area (Å²) in [6.45, 7) is 6.67. The predicted molar refractivity (Wildman–Crippen MR) is 85.0 cm³/mol. The van der Waals surface area contributed by atoms with Crippen molar-refractivity contribution < 1.29 is 5.11 Å². The van der Waals surface area contributed by atoms with E-state index in [1.165, 1.54) is 18.4 Å². The van der Waals surface area contributed by atoms with E-state index in [9.17, 15) is 5.11 Å². The molecule has 0 saturated heterocycles. The van der Waals surface area contributed by atoms with Crippen molar-refractivity contribution in [1.82, 2.24) is 4.90 Å². The largest absolute Gasteiger partial charge is 0.391 e. The summed E-state index contributed by atoms with van der Waals surface area (Å²) in [6.07, 6.45) is 5.35. The van der Waals surface area contributed by atoms with Gasteiger partial charge in [-0.2, -0.15) is 0 Å². The Hall–Kier alpha value is -0.860. The van der Waals surface area contributed by atoms with Crippen LogP contribution in [0.3, 0.4) is 0 Å². The molecule has 112 valence electrons. The van der Waals surface area contributed by atoms with E-state index in [0.29, 0.717) is 12.0 Å². The number of aliphatic hydroxyl groups is 1. The molecular formula is C18H29NO. The van der Waals surface area contributed by atoms with E-state index >= 15 is 0 Å². The Bertz CT molecular complexity index is 372. The summed E-state index contributed by atoms with van der Waals surface area (Å²) in [5.74, 6) is 0.612. The molecule has 1 saturated carbocycles. The molecule has 0 aliphatic heterocycles. The molecular weight excluding hydrogens is 246 g/mol. The minimum Gasteiger partial charge on any atom is -0.391 e. The SMILES string of the molecule is CCCN(CCC)C1CC(c2ccccc2)CCC1O. The first kappa shape index (κ1) is 15.5. The molecule has 0 spiro atoms. The molecule has 0 aromatic heterocycles. The Morgan fingerprint density at radius 2 is 1.70 bits per heavy atom. The van der Waals surface area contributed by atoms with Gasteiger partial charge in [0.1, 0.15) is 0 Å². The second kappa shape index (κ2) is 7.80. The van der Waals surface area contributed by atoms with Crippen LogP contribution in [-0.2, 0) is 0 Å². The van der Waals surface area contributed by atoms with Gasteiger partial charge in [-0.05, 0) is 56.7 Å². The lowest BCUT2D eigenvalue weighted by atomic mass is 9.79. The van der Waals surface area contributed by atoms with Crippen LogP contribution in [0.2, 0.25) is 0 Å². The fourth-order valence-electron chi connectivity index (χ4n) is 3.57. The van der Waals surface area contributed by atoms with Crippen LogP contribution in [0.1, 0.15) is 57.4 Å². The fraction of sp³-hybridized carbons (Fsp3) is 0.667. The average molecular weight is 275 g/mol. The molecule has 20 heavy (non-hydrogen) atoms. The van der Waals surface area contributed by atoms with Crippen molar-refractivity contribution in [1.29, 1.82) is 0 Å². The van der Waals surface area contributed by atoms with E-state index in [2.05, 4.69) is 49.1 Å². The number of hydrogen-bond donors (Lipinski definition) is 1. The molecule has 0 radical (unpaired) electrons. The van der Waals surface area contributed by atoms with Crippen molar-refractivity contribution in [2.45, 2.75) is 64.0 Å². The van der Waals surface area contributed by atoms with Gasteiger partial charge in [-0.15, -0.1) is 0 Å². The molecule has 1 aromatic carbocycles. The Balaban J connectivity index is 2.07. The second-order valence-corrected chi connectivity index (χ2v) is 6.09. The van der Waals surface area contributed by atoms with Crippen LogP contribution in [0.4, 0.5) is 0 Å². The molecule has 0 amide bonds. The molecule has 1 N–H and O–H groups in total. The van der Waals surface area contributed by atoms with Gasteiger partial charge in [-0.3, -0.25) is 4.90 Å². The maximum absolute atomic E-state index is 10.4. The van der Waals surface area contributed by atoms with Gasteiger partial charge < -0.3 is 5.11 Å². The smallest absolute Gasteiger partial charge is 0.0695 e. The third-order valence-electron chi connectivity index (χ3n) is 4.54. The first-order valence-electron chi connectivity index (χ1n) is 8.23. The van der Waals surface area contributed by atoms with Crippen LogP contribution in [-0.4, -0.2) is 35.2 Å². The van der Waals surface area contributed by atoms with E-state index in [4.69, 9.17) is 0 Å². The molecule has 2 nitrogen and oxygen atoms in total. The number of rotatable bonds is 6. The van der Waals surface area contributed by atoms with Crippen LogP contribution in [0.5, 0.6) is 0 Å². The molecule has 1 aliphatic carbocycles. The zero-order valence-electron chi connectivity index (χ0n) is 13.0. The highest BCUT2D eigenvalue weighted by Gasteiger charge is 2.33. The molecule has 3 atom stereocenters. The van der Waals surface area contributed by atoms with Crippen molar-refractivity contribution in [3.8, 4) is 0 Å². The van der Waals surface area contributed by atoms with E-state index in [-0.39, 0.29) is 6.10 Å². The molecule has 2 heteroatoms. The monoisotopic (exact) mass is 275 g/mol. The quantitative estimate of drug-likeness (QED) is 0.853. The van der Waals surface area contributed by atoms with Gasteiger partial charge in [0.05, 0.1) is 6.10 Å². The van der Waals surface area contributed by atoms with Gasteiger partial charge in [-0.1, -0.05) is 44.2 Å². The van der Waals surface area contributed by atoms with Gasteiger partial charge in [0.2, 0.25) is 0 Å². The van der Waals surface area contributed by atoms with Gasteiger partial charge in [0, 0.05) is 6.04 Å². The first-order chi connectivity index (χ1) is 9.76. The molecule has 0 bridgehead atoms. The van der Waals surface area contributed by atoms with Crippen molar-refractivity contribution >= 4 is 0 Å². The maximum atomic E-state index is 10.4. The highest BCUT2D eigenvalue weighted by molar-refractivity contribution is 5.20. The Morgan fingerprint density at radius 3 is 2.30 bits per heavy atom. The summed E-state index contributed by atoms with van der Waals surface area (Å²) in [4.78, 5) is 2.51. The van der Waals surface area contributed by atoms with Crippen LogP contribution < -0.4 is 0 Å². The van der Waals surface area contributed by atoms with Crippen molar-refractivity contribution in [2.24, 2.45) is 0 Å². The van der Waals surface area contributed by atoms with Gasteiger partial charge in [-0.25, -0.2) is 0 Å². The summed E-state index contributed by atoms with van der Waals surface area (Å²) in [5.41, 5.74) is 1.44. The Labute approximate surface area is 123 Å². The summed E-state index contributed by atoms with van der Waals surface area (Å²) < 4.78 is 0. The second-order valence-electron chi connectivity index (χ2n) is 6.09. The van der Waals surface area contributed by atoms with Crippen LogP contribution in [0.25, 0.3) is 0 Å². The summed E-state index contributed by atoms with van der Waals surface area (Å²) in [7, 11) is 0. The summed E-state index contributed by atoms with van der Waals surface area (Å²) in [6, 6.07) is 11.2. The normalized spacial score (nSPS) is 26.9. The van der Waals surface area contributed by atoms with Gasteiger partial charge >= 0.3 is 0 Å². The first-order valence-corrected chi connectivity index (χ1v) is 8.23. The lowest BCUT2D eigenvalue weighted by Gasteiger charge is -2.40. The van der Waals surface area contributed by atoms with Crippen molar-refractivity contribution in [3.63, 3.8) is 0 Å². The summed E-state index contributed by atoms with van der Waals surface area (Å²) in [5, 5.41) is 10.4. The lowest BCUT2D eigenvalue weighted by Crippen LogP contribution is -2.47. The Kier molecular flexibility index (Phi) is 6.06. The molecule has 0 heterocycles. The van der Waals surface area contributed by atoms with Crippen molar-refractivity contribution in [2.75, 3.05) is 13.1 Å². The number of nitrogens with zero attached hydrogens (tertiary/aromatic N) is 1. The van der Waals surface area contributed by atoms with E-state index in [1.807, 2.05) is 0 Å². The Morgan fingerprint density at radius 1 is 1.05 bits per heavy atom. The minimum atomic E-state index is -0.145. The molecule has 1 aliphatic rings.